The Hall–Kier alpha value is -1.24. The molecule has 0 aliphatic carbocycles. The molecule has 2 heterocycles. The van der Waals surface area contributed by atoms with E-state index < -0.39 is 0 Å². The van der Waals surface area contributed by atoms with E-state index in [0.717, 1.165) is 6.42 Å². The Balaban J connectivity index is 2.24. The molecule has 0 saturated heterocycles. The van der Waals surface area contributed by atoms with Gasteiger partial charge in [-0.3, -0.25) is 0 Å². The second-order valence-corrected chi connectivity index (χ2v) is 4.80. The number of hydrogen-bond acceptors (Lipinski definition) is 0. The highest BCUT2D eigenvalue weighted by Crippen LogP contribution is 2.27. The third kappa shape index (κ3) is 1.46. The quantitative estimate of drug-likeness (QED) is 0.676. The van der Waals surface area contributed by atoms with Crippen molar-refractivity contribution in [2.45, 2.75) is 45.6 Å². The second-order valence-electron chi connectivity index (χ2n) is 4.80. The summed E-state index contributed by atoms with van der Waals surface area (Å²) in [5.41, 5.74) is 4.50. The minimum absolute atomic E-state index is 1.14. The third-order valence-electron chi connectivity index (χ3n) is 3.82. The molecular weight excluding hydrogens is 194 g/mol. The Morgan fingerprint density at radius 2 is 2.12 bits per heavy atom. The molecule has 1 aliphatic heterocycles. The molecule has 1 aromatic heterocycles. The van der Waals surface area contributed by atoms with E-state index >= 15 is 0 Å². The van der Waals surface area contributed by atoms with Crippen LogP contribution in [0.3, 0.4) is 0 Å². The SMILES string of the molecule is CCc1cccc2c1cc1n2CCCCC1. The van der Waals surface area contributed by atoms with Gasteiger partial charge in [-0.15, -0.1) is 0 Å². The lowest BCUT2D eigenvalue weighted by Gasteiger charge is -2.06. The van der Waals surface area contributed by atoms with Crippen LogP contribution < -0.4 is 0 Å². The Kier molecular flexibility index (Phi) is 2.47. The van der Waals surface area contributed by atoms with Crippen LogP contribution in [0.4, 0.5) is 0 Å². The first-order valence-corrected chi connectivity index (χ1v) is 6.50. The maximum atomic E-state index is 2.54. The number of benzene rings is 1. The molecule has 84 valence electrons. The first-order valence-electron chi connectivity index (χ1n) is 6.50. The first kappa shape index (κ1) is 9.95. The van der Waals surface area contributed by atoms with E-state index in [1.807, 2.05) is 0 Å². The molecule has 1 heteroatoms. The van der Waals surface area contributed by atoms with Crippen LogP contribution in [0, 0.1) is 0 Å². The summed E-state index contributed by atoms with van der Waals surface area (Å²) in [6, 6.07) is 9.18. The molecule has 1 nitrogen and oxygen atoms in total. The Labute approximate surface area is 97.1 Å². The van der Waals surface area contributed by atoms with Crippen LogP contribution in [0.15, 0.2) is 24.3 Å². The van der Waals surface area contributed by atoms with Crippen LogP contribution >= 0.6 is 0 Å². The van der Waals surface area contributed by atoms with Crippen molar-refractivity contribution < 1.29 is 0 Å². The molecule has 0 amide bonds. The maximum Gasteiger partial charge on any atom is 0.0485 e. The van der Waals surface area contributed by atoms with E-state index in [9.17, 15) is 0 Å². The normalized spacial score (nSPS) is 16.1. The number of nitrogens with zero attached hydrogens (tertiary/aromatic N) is 1. The summed E-state index contributed by atoms with van der Waals surface area (Å²) in [6.45, 7) is 3.46. The molecule has 2 aromatic rings. The van der Waals surface area contributed by atoms with Crippen molar-refractivity contribution in [2.75, 3.05) is 0 Å². The number of fused-ring (bicyclic) bond motifs is 3. The molecule has 16 heavy (non-hydrogen) atoms. The molecule has 3 rings (SSSR count). The van der Waals surface area contributed by atoms with Gasteiger partial charge in [0.15, 0.2) is 0 Å². The van der Waals surface area contributed by atoms with E-state index in [-0.39, 0.29) is 0 Å². The zero-order chi connectivity index (χ0) is 11.0. The molecule has 0 unspecified atom stereocenters. The predicted octanol–water partition coefficient (Wildman–Crippen LogP) is 3.93. The van der Waals surface area contributed by atoms with E-state index in [1.165, 1.54) is 48.7 Å². The predicted molar refractivity (Wildman–Crippen MR) is 68.9 cm³/mol. The van der Waals surface area contributed by atoms with Crippen molar-refractivity contribution in [1.29, 1.82) is 0 Å². The summed E-state index contributed by atoms with van der Waals surface area (Å²) in [4.78, 5) is 0. The maximum absolute atomic E-state index is 2.54. The fourth-order valence-corrected chi connectivity index (χ4v) is 2.93. The summed E-state index contributed by atoms with van der Waals surface area (Å²) < 4.78 is 2.54. The van der Waals surface area contributed by atoms with Gasteiger partial charge >= 0.3 is 0 Å². The summed E-state index contributed by atoms with van der Waals surface area (Å²) in [5.74, 6) is 0. The average Bonchev–Trinajstić information content (AvgIpc) is 2.52. The Morgan fingerprint density at radius 1 is 1.19 bits per heavy atom. The lowest BCUT2D eigenvalue weighted by atomic mass is 10.1. The number of hydrogen-bond donors (Lipinski definition) is 0. The van der Waals surface area contributed by atoms with Crippen molar-refractivity contribution in [3.05, 3.63) is 35.5 Å². The van der Waals surface area contributed by atoms with Gasteiger partial charge in [-0.25, -0.2) is 0 Å². The minimum atomic E-state index is 1.14. The highest BCUT2D eigenvalue weighted by Gasteiger charge is 2.12. The lowest BCUT2D eigenvalue weighted by Crippen LogP contribution is -1.98. The smallest absolute Gasteiger partial charge is 0.0485 e. The summed E-state index contributed by atoms with van der Waals surface area (Å²) >= 11 is 0. The Morgan fingerprint density at radius 3 is 3.00 bits per heavy atom. The van der Waals surface area contributed by atoms with Crippen molar-refractivity contribution in [3.8, 4) is 0 Å². The van der Waals surface area contributed by atoms with Crippen LogP contribution in [0.1, 0.15) is 37.4 Å². The number of aryl methyl sites for hydroxylation is 3. The molecule has 1 aliphatic rings. The van der Waals surface area contributed by atoms with Gasteiger partial charge in [0.25, 0.3) is 0 Å². The van der Waals surface area contributed by atoms with Gasteiger partial charge in [0.05, 0.1) is 0 Å². The van der Waals surface area contributed by atoms with Crippen LogP contribution in [0.2, 0.25) is 0 Å². The van der Waals surface area contributed by atoms with Crippen LogP contribution in [0.25, 0.3) is 10.9 Å². The van der Waals surface area contributed by atoms with E-state index in [0.29, 0.717) is 0 Å². The highest BCUT2D eigenvalue weighted by molar-refractivity contribution is 5.85. The molecule has 0 fully saturated rings. The van der Waals surface area contributed by atoms with Gasteiger partial charge in [-0.1, -0.05) is 25.5 Å². The standard InChI is InChI=1S/C15H19N/c1-2-12-7-6-9-15-14(12)11-13-8-4-3-5-10-16(13)15/h6-7,9,11H,2-5,8,10H2,1H3. The Bertz CT molecular complexity index is 507. The van der Waals surface area contributed by atoms with Crippen LogP contribution in [0.5, 0.6) is 0 Å². The zero-order valence-electron chi connectivity index (χ0n) is 10.00. The molecule has 0 bridgehead atoms. The van der Waals surface area contributed by atoms with Gasteiger partial charge in [-0.05, 0) is 43.4 Å². The van der Waals surface area contributed by atoms with Crippen molar-refractivity contribution >= 4 is 10.9 Å². The molecule has 0 atom stereocenters. The number of aromatic nitrogens is 1. The molecule has 0 saturated carbocycles. The van der Waals surface area contributed by atoms with Gasteiger partial charge in [-0.2, -0.15) is 0 Å². The van der Waals surface area contributed by atoms with E-state index in [4.69, 9.17) is 0 Å². The van der Waals surface area contributed by atoms with Crippen molar-refractivity contribution in [1.82, 2.24) is 4.57 Å². The molecular formula is C15H19N. The lowest BCUT2D eigenvalue weighted by molar-refractivity contribution is 0.648. The topological polar surface area (TPSA) is 4.93 Å². The van der Waals surface area contributed by atoms with E-state index in [2.05, 4.69) is 35.8 Å². The van der Waals surface area contributed by atoms with Gasteiger partial charge in [0.1, 0.15) is 0 Å². The van der Waals surface area contributed by atoms with Crippen LogP contribution in [-0.4, -0.2) is 4.57 Å². The van der Waals surface area contributed by atoms with Crippen LogP contribution in [-0.2, 0) is 19.4 Å². The van der Waals surface area contributed by atoms with Gasteiger partial charge in [0.2, 0.25) is 0 Å². The molecule has 0 spiro atoms. The van der Waals surface area contributed by atoms with Crippen molar-refractivity contribution in [3.63, 3.8) is 0 Å². The third-order valence-corrected chi connectivity index (χ3v) is 3.82. The monoisotopic (exact) mass is 213 g/mol. The zero-order valence-corrected chi connectivity index (χ0v) is 10.00. The average molecular weight is 213 g/mol. The minimum Gasteiger partial charge on any atom is -0.345 e. The highest BCUT2D eigenvalue weighted by atomic mass is 15.0. The second kappa shape index (κ2) is 3.97. The molecule has 0 radical (unpaired) electrons. The fourth-order valence-electron chi connectivity index (χ4n) is 2.93. The van der Waals surface area contributed by atoms with E-state index in [1.54, 1.807) is 5.69 Å². The van der Waals surface area contributed by atoms with Gasteiger partial charge < -0.3 is 4.57 Å². The molecule has 1 aromatic carbocycles. The van der Waals surface area contributed by atoms with Crippen molar-refractivity contribution in [2.24, 2.45) is 0 Å². The summed E-state index contributed by atoms with van der Waals surface area (Å²) in [6.07, 6.45) is 6.49. The fraction of sp³-hybridized carbons (Fsp3) is 0.467. The first-order chi connectivity index (χ1) is 7.90. The number of rotatable bonds is 1. The molecule has 0 N–H and O–H groups in total. The van der Waals surface area contributed by atoms with Gasteiger partial charge in [0, 0.05) is 23.1 Å². The summed E-state index contributed by atoms with van der Waals surface area (Å²) in [5, 5.41) is 1.49. The largest absolute Gasteiger partial charge is 0.345 e. The summed E-state index contributed by atoms with van der Waals surface area (Å²) in [7, 11) is 0.